The van der Waals surface area contributed by atoms with E-state index in [2.05, 4.69) is 407 Å². The second-order valence-electron chi connectivity index (χ2n) is 30.5. The van der Waals surface area contributed by atoms with Crippen molar-refractivity contribution in [2.24, 2.45) is 0 Å². The Morgan fingerprint density at radius 3 is 1.05 bits per heavy atom. The van der Waals surface area contributed by atoms with Gasteiger partial charge in [-0.15, -0.1) is 0 Å². The normalized spacial score (nSPS) is 14.5. The molecule has 0 N–H and O–H groups in total. The molecule has 25 rings (SSSR count). The van der Waals surface area contributed by atoms with Crippen molar-refractivity contribution >= 4 is 166 Å². The maximum Gasteiger partial charge on any atom is 0.182 e. The SMILES string of the molecule is c1ccc2c(c1)-c1ccccc1[Si]2(c1ccc(-n2c3ccccc3c3cc(-n4c5ccccc5c5cc(-c6ccc7c(c6)-c6ccccc6[Si]76c7ccccc7-c7ccc(-n8c9ccccc9c9cc(-n%10c%11ccccc%11c%11cc%12ccccc%12cc%11%10)ccc98)cc76)ccc54)ccc32)cc1)c1ccc2ccccc2c1. The second kappa shape index (κ2) is 22.4. The third kappa shape index (κ3) is 7.96. The number of hydrogen-bond acceptors (Lipinski definition) is 0. The molecule has 0 saturated heterocycles. The van der Waals surface area contributed by atoms with Gasteiger partial charge < -0.3 is 18.3 Å². The number of nitrogens with zero attached hydrogens (tertiary/aromatic N) is 4. The van der Waals surface area contributed by atoms with E-state index in [1.807, 2.05) is 0 Å². The summed E-state index contributed by atoms with van der Waals surface area (Å²) in [6.07, 6.45) is 0. The maximum absolute atomic E-state index is 2.91. The Bertz CT molecular complexity index is 7770. The Hall–Kier alpha value is -13.9. The van der Waals surface area contributed by atoms with Gasteiger partial charge in [-0.3, -0.25) is 0 Å². The molecule has 1 atom stereocenters. The molecule has 1 unspecified atom stereocenters. The third-order valence-electron chi connectivity index (χ3n) is 25.4. The van der Waals surface area contributed by atoms with Crippen molar-refractivity contribution in [2.75, 3.05) is 0 Å². The van der Waals surface area contributed by atoms with Crippen molar-refractivity contribution in [3.8, 4) is 67.3 Å². The van der Waals surface area contributed by atoms with Crippen LogP contribution >= 0.6 is 0 Å². The topological polar surface area (TPSA) is 19.7 Å². The summed E-state index contributed by atoms with van der Waals surface area (Å²) in [5.74, 6) is 0. The van der Waals surface area contributed by atoms with Crippen molar-refractivity contribution < 1.29 is 0 Å². The van der Waals surface area contributed by atoms with Gasteiger partial charge in [-0.05, 0) is 223 Å². The van der Waals surface area contributed by atoms with E-state index in [0.29, 0.717) is 0 Å². The number of rotatable bonds is 7. The molecule has 3 aliphatic rings. The van der Waals surface area contributed by atoms with Crippen LogP contribution in [-0.2, 0) is 0 Å². The van der Waals surface area contributed by atoms with E-state index in [1.165, 1.54) is 200 Å². The maximum atomic E-state index is 2.59. The molecule has 18 aromatic carbocycles. The summed E-state index contributed by atoms with van der Waals surface area (Å²) >= 11 is 0. The number of para-hydroxylation sites is 4. The standard InChI is InChI=1S/C104H64N4Si2/c1-2-22-66-57-76(49-41-65(66)21-1)109(99-37-17-9-29-81(99)82-30-10-18-38-100(82)109)75-50-44-71(45-51-75)105-91-33-13-7-27-79(91)88-62-72(47-54-96(88)105)106-92-34-14-5-25-77(92)86-59-69(42-53-95(86)106)70-43-56-103-90(60-70)84-32-12-20-40-102(84)110(103)101-39-19-11-31-83(101)85-52-46-74(64-104(85)110)107-93-35-15-8-28-80(93)89-63-73(48-55-97(89)107)108-94-36-16-6-26-78(94)87-58-67-23-3-4-24-68(67)61-98(87)108/h1-64H. The molecule has 0 radical (unpaired) electrons. The van der Waals surface area contributed by atoms with Crippen LogP contribution in [0.3, 0.4) is 0 Å². The molecule has 508 valence electrons. The zero-order chi connectivity index (χ0) is 71.7. The summed E-state index contributed by atoms with van der Waals surface area (Å²) in [5.41, 5.74) is 24.7. The molecule has 22 aromatic rings. The molecular weight excluding hydrogens is 1360 g/mol. The van der Waals surface area contributed by atoms with E-state index in [-0.39, 0.29) is 0 Å². The van der Waals surface area contributed by atoms with Gasteiger partial charge in [0.15, 0.2) is 16.1 Å². The van der Waals surface area contributed by atoms with Crippen LogP contribution in [0.1, 0.15) is 0 Å². The molecule has 7 heterocycles. The fourth-order valence-electron chi connectivity index (χ4n) is 20.9. The van der Waals surface area contributed by atoms with Gasteiger partial charge in [-0.25, -0.2) is 0 Å². The predicted molar refractivity (Wildman–Crippen MR) is 468 cm³/mol. The number of benzene rings is 18. The first-order valence-electron chi connectivity index (χ1n) is 38.4. The van der Waals surface area contributed by atoms with Crippen LogP contribution in [0.2, 0.25) is 0 Å². The zero-order valence-electron chi connectivity index (χ0n) is 59.7. The number of aromatic nitrogens is 4. The molecule has 6 heteroatoms. The molecule has 4 aromatic heterocycles. The van der Waals surface area contributed by atoms with E-state index in [9.17, 15) is 0 Å². The summed E-state index contributed by atoms with van der Waals surface area (Å²) in [6.45, 7) is 0. The van der Waals surface area contributed by atoms with Crippen molar-refractivity contribution in [1.29, 1.82) is 0 Å². The fourth-order valence-corrected chi connectivity index (χ4v) is 31.7. The summed E-state index contributed by atoms with van der Waals surface area (Å²) in [6, 6.07) is 149. The minimum Gasteiger partial charge on any atom is -0.309 e. The van der Waals surface area contributed by atoms with Gasteiger partial charge in [0.1, 0.15) is 0 Å². The third-order valence-corrected chi connectivity index (χ3v) is 35.2. The highest BCUT2D eigenvalue weighted by Crippen LogP contribution is 2.45. The van der Waals surface area contributed by atoms with Gasteiger partial charge >= 0.3 is 0 Å². The summed E-state index contributed by atoms with van der Waals surface area (Å²) in [5, 5.41) is 26.5. The van der Waals surface area contributed by atoms with Crippen LogP contribution < -0.4 is 41.5 Å². The molecule has 1 spiro atoms. The average molecular weight is 1430 g/mol. The first kappa shape index (κ1) is 60.3. The summed E-state index contributed by atoms with van der Waals surface area (Å²) in [4.78, 5) is 0. The molecule has 0 amide bonds. The molecule has 0 saturated carbocycles. The van der Waals surface area contributed by atoms with Gasteiger partial charge in [0.05, 0.1) is 44.1 Å². The average Bonchev–Trinajstić information content (AvgIpc) is 1.52. The Morgan fingerprint density at radius 1 is 0.155 bits per heavy atom. The van der Waals surface area contributed by atoms with Crippen LogP contribution in [0.5, 0.6) is 0 Å². The van der Waals surface area contributed by atoms with Crippen LogP contribution in [-0.4, -0.2) is 34.4 Å². The van der Waals surface area contributed by atoms with Gasteiger partial charge in [0.25, 0.3) is 0 Å². The zero-order valence-corrected chi connectivity index (χ0v) is 61.7. The fraction of sp³-hybridized carbons (Fsp3) is 0. The number of hydrogen-bond donors (Lipinski definition) is 0. The van der Waals surface area contributed by atoms with E-state index in [0.717, 1.165) is 17.1 Å². The molecular formula is C104H64N4Si2. The molecule has 0 bridgehead atoms. The van der Waals surface area contributed by atoms with Crippen LogP contribution in [0.25, 0.3) is 176 Å². The Kier molecular flexibility index (Phi) is 12.2. The highest BCUT2D eigenvalue weighted by molar-refractivity contribution is 7.24. The second-order valence-corrected chi connectivity index (χ2v) is 37.9. The minimum atomic E-state index is -2.91. The first-order chi connectivity index (χ1) is 54.5. The first-order valence-corrected chi connectivity index (χ1v) is 42.4. The van der Waals surface area contributed by atoms with Crippen LogP contribution in [0, 0.1) is 0 Å². The van der Waals surface area contributed by atoms with Crippen LogP contribution in [0.4, 0.5) is 0 Å². The molecule has 0 aliphatic carbocycles. The lowest BCUT2D eigenvalue weighted by molar-refractivity contribution is 1.17. The van der Waals surface area contributed by atoms with Gasteiger partial charge in [-0.2, -0.15) is 0 Å². The lowest BCUT2D eigenvalue weighted by atomic mass is 9.98. The Morgan fingerprint density at radius 2 is 0.500 bits per heavy atom. The Labute approximate surface area is 635 Å². The van der Waals surface area contributed by atoms with Crippen molar-refractivity contribution in [3.05, 3.63) is 388 Å². The highest BCUT2D eigenvalue weighted by atomic mass is 28.3. The lowest BCUT2D eigenvalue weighted by Crippen LogP contribution is -2.72. The predicted octanol–water partition coefficient (Wildman–Crippen LogP) is 20.7. The molecule has 110 heavy (non-hydrogen) atoms. The molecule has 4 nitrogen and oxygen atoms in total. The van der Waals surface area contributed by atoms with Gasteiger partial charge in [-0.1, -0.05) is 273 Å². The smallest absolute Gasteiger partial charge is 0.182 e. The monoisotopic (exact) mass is 1420 g/mol. The largest absolute Gasteiger partial charge is 0.309 e. The molecule has 0 fully saturated rings. The van der Waals surface area contributed by atoms with E-state index in [1.54, 1.807) is 0 Å². The van der Waals surface area contributed by atoms with Crippen molar-refractivity contribution in [2.45, 2.75) is 0 Å². The van der Waals surface area contributed by atoms with Gasteiger partial charge in [0, 0.05) is 65.8 Å². The molecule has 3 aliphatic heterocycles. The van der Waals surface area contributed by atoms with Crippen LogP contribution in [0.15, 0.2) is 388 Å². The summed E-state index contributed by atoms with van der Waals surface area (Å²) in [7, 11) is -5.67. The number of fused-ring (bicyclic) bond motifs is 27. The highest BCUT2D eigenvalue weighted by Gasteiger charge is 2.54. The lowest BCUT2D eigenvalue weighted by Gasteiger charge is -2.31. The Balaban J connectivity index is 0.598. The van der Waals surface area contributed by atoms with Crippen molar-refractivity contribution in [1.82, 2.24) is 18.3 Å². The van der Waals surface area contributed by atoms with Gasteiger partial charge in [0.2, 0.25) is 0 Å². The quantitative estimate of drug-likeness (QED) is 0.142. The van der Waals surface area contributed by atoms with E-state index in [4.69, 9.17) is 0 Å². The van der Waals surface area contributed by atoms with E-state index >= 15 is 0 Å². The van der Waals surface area contributed by atoms with E-state index < -0.39 is 16.1 Å². The van der Waals surface area contributed by atoms with Crippen molar-refractivity contribution in [3.63, 3.8) is 0 Å². The summed E-state index contributed by atoms with van der Waals surface area (Å²) < 4.78 is 9.98. The minimum absolute atomic E-state index is 1.14.